The Morgan fingerprint density at radius 3 is 2.87 bits per heavy atom. The van der Waals surface area contributed by atoms with Gasteiger partial charge >= 0.3 is 0 Å². The topological polar surface area (TPSA) is 50.2 Å². The number of pyridine rings is 1. The van der Waals surface area contributed by atoms with Crippen molar-refractivity contribution in [1.29, 1.82) is 0 Å². The average molecular weight is 333 g/mol. The van der Waals surface area contributed by atoms with Gasteiger partial charge in [0.2, 0.25) is 5.91 Å². The summed E-state index contributed by atoms with van der Waals surface area (Å²) in [4.78, 5) is 19.2. The lowest BCUT2D eigenvalue weighted by Gasteiger charge is -2.35. The van der Waals surface area contributed by atoms with Crippen LogP contribution in [0.4, 0.5) is 0 Å². The number of carbonyl (C=O) groups is 1. The summed E-state index contributed by atoms with van der Waals surface area (Å²) in [5, 5.41) is 4.65. The summed E-state index contributed by atoms with van der Waals surface area (Å²) in [6, 6.07) is 3.55. The van der Waals surface area contributed by atoms with Crippen LogP contribution >= 0.6 is 11.6 Å². The van der Waals surface area contributed by atoms with Gasteiger partial charge in [-0.05, 0) is 51.4 Å². The zero-order valence-electron chi connectivity index (χ0n) is 13.3. The molecule has 122 valence electrons. The van der Waals surface area contributed by atoms with Gasteiger partial charge in [-0.1, -0.05) is 11.6 Å². The quantitative estimate of drug-likeness (QED) is 0.856. The maximum atomic E-state index is 12.7. The van der Waals surface area contributed by atoms with Crippen molar-refractivity contribution in [3.63, 3.8) is 0 Å². The summed E-state index contributed by atoms with van der Waals surface area (Å²) >= 11 is 6.12. The van der Waals surface area contributed by atoms with Crippen molar-refractivity contribution in [2.45, 2.75) is 37.8 Å². The van der Waals surface area contributed by atoms with Crippen LogP contribution in [0.15, 0.2) is 24.5 Å². The molecule has 2 aromatic rings. The van der Waals surface area contributed by atoms with Gasteiger partial charge in [0.1, 0.15) is 11.2 Å². The van der Waals surface area contributed by atoms with Crippen LogP contribution in [0.2, 0.25) is 5.15 Å². The Morgan fingerprint density at radius 2 is 2.22 bits per heavy atom. The largest absolute Gasteiger partial charge is 0.348 e. The highest BCUT2D eigenvalue weighted by molar-refractivity contribution is 6.34. The van der Waals surface area contributed by atoms with Crippen molar-refractivity contribution in [2.24, 2.45) is 0 Å². The molecule has 5 nitrogen and oxygen atoms in total. The number of halogens is 1. The molecular formula is C17H21ClN4O. The molecule has 1 unspecified atom stereocenters. The van der Waals surface area contributed by atoms with Crippen molar-refractivity contribution >= 4 is 28.4 Å². The van der Waals surface area contributed by atoms with E-state index >= 15 is 0 Å². The van der Waals surface area contributed by atoms with E-state index in [9.17, 15) is 4.79 Å². The Balaban J connectivity index is 1.50. The van der Waals surface area contributed by atoms with Gasteiger partial charge in [0, 0.05) is 24.3 Å². The van der Waals surface area contributed by atoms with Gasteiger partial charge in [0.15, 0.2) is 0 Å². The Kier molecular flexibility index (Phi) is 3.58. The smallest absolute Gasteiger partial charge is 0.243 e. The second-order valence-corrected chi connectivity index (χ2v) is 7.19. The van der Waals surface area contributed by atoms with Crippen LogP contribution in [-0.2, 0) is 4.79 Å². The van der Waals surface area contributed by atoms with Gasteiger partial charge < -0.3 is 14.8 Å². The first kappa shape index (κ1) is 15.0. The highest BCUT2D eigenvalue weighted by atomic mass is 35.5. The van der Waals surface area contributed by atoms with E-state index in [1.54, 1.807) is 6.20 Å². The van der Waals surface area contributed by atoms with E-state index in [0.717, 1.165) is 30.3 Å². The van der Waals surface area contributed by atoms with Gasteiger partial charge in [0.05, 0.1) is 11.1 Å². The standard InChI is InChI=1S/C17H21ClN4O/c1-12(22-10-4-13-14(22)3-7-19-15(13)18)16(23)20-17(5-6-17)11-21-8-2-9-21/h3-4,7,10,12H,2,5-6,8-9,11H2,1H3,(H,20,23). The zero-order chi connectivity index (χ0) is 16.0. The molecule has 23 heavy (non-hydrogen) atoms. The molecule has 0 radical (unpaired) electrons. The third kappa shape index (κ3) is 2.72. The minimum Gasteiger partial charge on any atom is -0.348 e. The molecule has 0 aromatic carbocycles. The van der Waals surface area contributed by atoms with Crippen LogP contribution < -0.4 is 5.32 Å². The molecule has 1 N–H and O–H groups in total. The van der Waals surface area contributed by atoms with Crippen molar-refractivity contribution < 1.29 is 4.79 Å². The number of likely N-dealkylation sites (tertiary alicyclic amines) is 1. The number of hydrogen-bond donors (Lipinski definition) is 1. The Hall–Kier alpha value is -1.59. The fourth-order valence-corrected chi connectivity index (χ4v) is 3.54. The Morgan fingerprint density at radius 1 is 1.43 bits per heavy atom. The molecule has 0 bridgehead atoms. The van der Waals surface area contributed by atoms with Crippen LogP contribution in [0.3, 0.4) is 0 Å². The first-order chi connectivity index (χ1) is 11.1. The van der Waals surface area contributed by atoms with Gasteiger partial charge in [-0.25, -0.2) is 4.98 Å². The molecule has 1 amide bonds. The van der Waals surface area contributed by atoms with Crippen molar-refractivity contribution in [1.82, 2.24) is 19.8 Å². The average Bonchev–Trinajstić information content (AvgIpc) is 3.10. The fraction of sp³-hybridized carbons (Fsp3) is 0.529. The molecule has 1 saturated carbocycles. The summed E-state index contributed by atoms with van der Waals surface area (Å²) in [6.07, 6.45) is 7.05. The highest BCUT2D eigenvalue weighted by Gasteiger charge is 2.46. The van der Waals surface area contributed by atoms with Crippen molar-refractivity contribution in [3.8, 4) is 0 Å². The molecule has 1 atom stereocenters. The predicted molar refractivity (Wildman–Crippen MR) is 90.6 cm³/mol. The fourth-order valence-electron chi connectivity index (χ4n) is 3.32. The summed E-state index contributed by atoms with van der Waals surface area (Å²) < 4.78 is 1.97. The second-order valence-electron chi connectivity index (χ2n) is 6.83. The van der Waals surface area contributed by atoms with Crippen LogP contribution in [-0.4, -0.2) is 45.5 Å². The van der Waals surface area contributed by atoms with E-state index in [1.807, 2.05) is 29.8 Å². The molecule has 2 aromatic heterocycles. The number of nitrogens with one attached hydrogen (secondary N) is 1. The number of nitrogens with zero attached hydrogens (tertiary/aromatic N) is 3. The van der Waals surface area contributed by atoms with E-state index in [4.69, 9.17) is 11.6 Å². The van der Waals surface area contributed by atoms with Gasteiger partial charge in [-0.3, -0.25) is 4.79 Å². The first-order valence-electron chi connectivity index (χ1n) is 8.23. The van der Waals surface area contributed by atoms with Crippen LogP contribution in [0.1, 0.15) is 32.2 Å². The number of amides is 1. The summed E-state index contributed by atoms with van der Waals surface area (Å²) in [5.41, 5.74) is 0.953. The van der Waals surface area contributed by atoms with Crippen molar-refractivity contribution in [2.75, 3.05) is 19.6 Å². The summed E-state index contributed by atoms with van der Waals surface area (Å²) in [7, 11) is 0. The normalized spacial score (nSPS) is 21.0. The molecule has 1 aliphatic carbocycles. The van der Waals surface area contributed by atoms with Crippen LogP contribution in [0, 0.1) is 0 Å². The molecular weight excluding hydrogens is 312 g/mol. The van der Waals surface area contributed by atoms with E-state index in [0.29, 0.717) is 5.15 Å². The van der Waals surface area contributed by atoms with Gasteiger partial charge in [-0.15, -0.1) is 0 Å². The first-order valence-corrected chi connectivity index (χ1v) is 8.61. The Bertz CT molecular complexity index is 748. The number of aromatic nitrogens is 2. The molecule has 4 rings (SSSR count). The van der Waals surface area contributed by atoms with Gasteiger partial charge in [0.25, 0.3) is 0 Å². The third-order valence-corrected chi connectivity index (χ3v) is 5.41. The lowest BCUT2D eigenvalue weighted by molar-refractivity contribution is -0.125. The third-order valence-electron chi connectivity index (χ3n) is 5.11. The molecule has 0 spiro atoms. The SMILES string of the molecule is CC(C(=O)NC1(CN2CCC2)CC1)n1ccc2c(Cl)nccc21. The van der Waals surface area contributed by atoms with E-state index < -0.39 is 0 Å². The molecule has 2 fully saturated rings. The van der Waals surface area contributed by atoms with E-state index in [1.165, 1.54) is 19.5 Å². The molecule has 1 aliphatic heterocycles. The Labute approximate surface area is 140 Å². The number of rotatable bonds is 5. The lowest BCUT2D eigenvalue weighted by Crippen LogP contribution is -2.51. The van der Waals surface area contributed by atoms with Crippen LogP contribution in [0.5, 0.6) is 0 Å². The van der Waals surface area contributed by atoms with Crippen molar-refractivity contribution in [3.05, 3.63) is 29.7 Å². The van der Waals surface area contributed by atoms with E-state index in [-0.39, 0.29) is 17.5 Å². The molecule has 2 aliphatic rings. The monoisotopic (exact) mass is 332 g/mol. The second kappa shape index (κ2) is 5.49. The summed E-state index contributed by atoms with van der Waals surface area (Å²) in [6.45, 7) is 5.26. The molecule has 1 saturated heterocycles. The number of fused-ring (bicyclic) bond motifs is 1. The zero-order valence-corrected chi connectivity index (χ0v) is 14.0. The van der Waals surface area contributed by atoms with E-state index in [2.05, 4.69) is 15.2 Å². The summed E-state index contributed by atoms with van der Waals surface area (Å²) in [5.74, 6) is 0.0773. The van der Waals surface area contributed by atoms with Crippen LogP contribution in [0.25, 0.3) is 10.9 Å². The number of hydrogen-bond acceptors (Lipinski definition) is 3. The molecule has 6 heteroatoms. The maximum absolute atomic E-state index is 12.7. The van der Waals surface area contributed by atoms with Gasteiger partial charge in [-0.2, -0.15) is 0 Å². The maximum Gasteiger partial charge on any atom is 0.243 e. The predicted octanol–water partition coefficient (Wildman–Crippen LogP) is 2.61. The lowest BCUT2D eigenvalue weighted by atomic mass is 10.1. The number of carbonyl (C=O) groups excluding carboxylic acids is 1. The molecule has 3 heterocycles. The minimum absolute atomic E-state index is 0.00786. The highest BCUT2D eigenvalue weighted by Crippen LogP contribution is 2.37. The minimum atomic E-state index is -0.264.